The first kappa shape index (κ1) is 91.9. The molecule has 0 saturated carbocycles. The molecule has 0 aliphatic rings. The zero-order valence-corrected chi connectivity index (χ0v) is 57.8. The van der Waals surface area contributed by atoms with Gasteiger partial charge in [0, 0.05) is 5.41 Å². The van der Waals surface area contributed by atoms with Crippen LogP contribution < -0.4 is 0 Å². The molecule has 0 rings (SSSR count). The lowest BCUT2D eigenvalue weighted by Crippen LogP contribution is -2.38. The summed E-state index contributed by atoms with van der Waals surface area (Å²) in [5.74, 6) is 1.69. The number of alkyl halides is 8. The molecular weight excluding hydrogens is 969 g/mol. The van der Waals surface area contributed by atoms with Gasteiger partial charge in [-0.1, -0.05) is 218 Å². The van der Waals surface area contributed by atoms with Crippen molar-refractivity contribution in [1.29, 1.82) is 0 Å². The molecule has 0 aromatic heterocycles. The van der Waals surface area contributed by atoms with E-state index in [9.17, 15) is 35.1 Å². The van der Waals surface area contributed by atoms with Crippen LogP contribution in [-0.4, -0.2) is 45.4 Å². The lowest BCUT2D eigenvalue weighted by molar-refractivity contribution is 0.00941. The first-order chi connectivity index (χ1) is 34.3. The summed E-state index contributed by atoms with van der Waals surface area (Å²) in [5.41, 5.74) is -7.69. The molecule has 0 fully saturated rings. The molecule has 6 unspecified atom stereocenters. The summed E-state index contributed by atoms with van der Waals surface area (Å²) in [6.45, 7) is 61.6. The molecule has 0 bridgehead atoms. The summed E-state index contributed by atoms with van der Waals surface area (Å²) in [6.07, 6.45) is 16.7. The molecule has 0 nitrogen and oxygen atoms in total. The highest BCUT2D eigenvalue weighted by Crippen LogP contribution is 2.43. The molecule has 0 spiro atoms. The van der Waals surface area contributed by atoms with Gasteiger partial charge in [-0.25, -0.2) is 35.1 Å². The topological polar surface area (TPSA) is 0 Å². The van der Waals surface area contributed by atoms with Crippen LogP contribution in [0.2, 0.25) is 0 Å². The van der Waals surface area contributed by atoms with Gasteiger partial charge in [0.25, 0.3) is 0 Å². The molecule has 0 aliphatic carbocycles. The van der Waals surface area contributed by atoms with Gasteiger partial charge in [0.15, 0.2) is 0 Å². The van der Waals surface area contributed by atoms with Crippen molar-refractivity contribution in [3.63, 3.8) is 0 Å². The van der Waals surface area contributed by atoms with Gasteiger partial charge in [0.2, 0.25) is 0 Å². The van der Waals surface area contributed by atoms with Crippen molar-refractivity contribution < 1.29 is 35.1 Å². The second kappa shape index (κ2) is 47.0. The van der Waals surface area contributed by atoms with E-state index in [1.165, 1.54) is 0 Å². The first-order valence-electron chi connectivity index (χ1n) is 31.8. The van der Waals surface area contributed by atoms with Crippen molar-refractivity contribution in [2.75, 3.05) is 0 Å². The fraction of sp³-hybridized carbons (Fsp3) is 1.00. The maximum absolute atomic E-state index is 14.0. The van der Waals surface area contributed by atoms with Gasteiger partial charge in [-0.05, 0) is 174 Å². The molecule has 0 aromatic rings. The number of hydrogen-bond donors (Lipinski definition) is 0. The Hall–Kier alpha value is -0.560. The molecule has 0 aromatic carbocycles. The largest absolute Gasteiger partial charge is 0.244 e. The van der Waals surface area contributed by atoms with Crippen LogP contribution in [0.25, 0.3) is 0 Å². The minimum Gasteiger partial charge on any atom is -0.244 e. The van der Waals surface area contributed by atoms with Gasteiger partial charge < -0.3 is 0 Å². The summed E-state index contributed by atoms with van der Waals surface area (Å²) >= 11 is 0. The second-order valence-corrected chi connectivity index (χ2v) is 25.5. The fourth-order valence-electron chi connectivity index (χ4n) is 9.59. The monoisotopic (exact) mass is 1110 g/mol. The van der Waals surface area contributed by atoms with E-state index in [0.29, 0.717) is 82.5 Å². The molecule has 6 atom stereocenters. The molecule has 8 heteroatoms. The Morgan fingerprint density at radius 2 is 0.553 bits per heavy atom. The van der Waals surface area contributed by atoms with E-state index in [1.54, 1.807) is 55.4 Å². The van der Waals surface area contributed by atoms with Crippen LogP contribution in [0, 0.1) is 40.9 Å². The zero-order valence-electron chi connectivity index (χ0n) is 57.8. The minimum atomic E-state index is -1.00. The smallest absolute Gasteiger partial charge is 0.113 e. The van der Waals surface area contributed by atoms with Gasteiger partial charge in [0.05, 0.1) is 0 Å². The highest BCUT2D eigenvalue weighted by molar-refractivity contribution is 4.90. The summed E-state index contributed by atoms with van der Waals surface area (Å²) in [6, 6.07) is 0. The van der Waals surface area contributed by atoms with E-state index in [4.69, 9.17) is 0 Å². The third-order valence-corrected chi connectivity index (χ3v) is 17.8. The Morgan fingerprint density at radius 3 is 0.671 bits per heavy atom. The summed E-state index contributed by atoms with van der Waals surface area (Å²) in [4.78, 5) is 0. The zero-order chi connectivity index (χ0) is 62.8. The van der Waals surface area contributed by atoms with Crippen LogP contribution in [0.3, 0.4) is 0 Å². The molecule has 0 N–H and O–H groups in total. The molecule has 0 radical (unpaired) electrons. The Balaban J connectivity index is -0.000000117. The van der Waals surface area contributed by atoms with Crippen LogP contribution in [0.15, 0.2) is 0 Å². The summed E-state index contributed by atoms with van der Waals surface area (Å²) < 4.78 is 106. The highest BCUT2D eigenvalue weighted by Gasteiger charge is 2.41. The van der Waals surface area contributed by atoms with Crippen molar-refractivity contribution in [2.24, 2.45) is 40.9 Å². The first-order valence-corrected chi connectivity index (χ1v) is 31.8. The van der Waals surface area contributed by atoms with Crippen molar-refractivity contribution in [2.45, 2.75) is 402 Å². The Labute approximate surface area is 476 Å². The van der Waals surface area contributed by atoms with Crippen LogP contribution in [0.5, 0.6) is 0 Å². The van der Waals surface area contributed by atoms with Crippen molar-refractivity contribution in [1.82, 2.24) is 0 Å². The third kappa shape index (κ3) is 46.1. The normalized spacial score (nSPS) is 16.5. The van der Waals surface area contributed by atoms with E-state index < -0.39 is 45.4 Å². The van der Waals surface area contributed by atoms with Crippen LogP contribution in [0.4, 0.5) is 35.1 Å². The van der Waals surface area contributed by atoms with Gasteiger partial charge in [-0.2, -0.15) is 0 Å². The predicted octanol–water partition coefficient (Wildman–Crippen LogP) is 27.1. The van der Waals surface area contributed by atoms with Crippen LogP contribution in [-0.2, 0) is 0 Å². The summed E-state index contributed by atoms with van der Waals surface area (Å²) in [5, 5.41) is 0. The summed E-state index contributed by atoms with van der Waals surface area (Å²) in [7, 11) is 0. The predicted molar refractivity (Wildman–Crippen MR) is 333 cm³/mol. The lowest BCUT2D eigenvalue weighted by Gasteiger charge is -2.39. The maximum Gasteiger partial charge on any atom is 0.113 e. The molecule has 0 saturated heterocycles. The molecule has 0 aliphatic heterocycles. The van der Waals surface area contributed by atoms with Gasteiger partial charge in [0.1, 0.15) is 45.4 Å². The quantitative estimate of drug-likeness (QED) is 0.0685. The fourth-order valence-corrected chi connectivity index (χ4v) is 9.59. The maximum atomic E-state index is 14.0. The Kier molecular flexibility index (Phi) is 56.8. The number of rotatable bonds is 28. The molecule has 0 heterocycles. The third-order valence-electron chi connectivity index (χ3n) is 17.8. The Bertz CT molecular complexity index is 1180. The van der Waals surface area contributed by atoms with Crippen LogP contribution >= 0.6 is 0 Å². The average Bonchev–Trinajstić information content (AvgIpc) is 3.32. The SMILES string of the molecule is CCC(C)(F)C(C(C)C)C(C)C.CCC(C)(F)C(C)(CC)CC.CCC(C)(F)C(C)C.CCC(C)(F)CC.CCC(CC)C(C)(F)CC.CCCC(C)(F)C(CC)CC.CCCC(C)(F)CC.CCCC(C)(F)CCC. The number of halogens is 8. The van der Waals surface area contributed by atoms with Gasteiger partial charge in [-0.15, -0.1) is 0 Å². The molecule has 0 amide bonds. The van der Waals surface area contributed by atoms with Gasteiger partial charge in [-0.3, -0.25) is 0 Å². The van der Waals surface area contributed by atoms with E-state index in [2.05, 4.69) is 69.2 Å². The molecule has 472 valence electrons. The minimum absolute atomic E-state index is 0.137. The van der Waals surface area contributed by atoms with E-state index in [1.807, 2.05) is 96.9 Å². The van der Waals surface area contributed by atoms with Crippen LogP contribution in [0.1, 0.15) is 356 Å². The van der Waals surface area contributed by atoms with Crippen molar-refractivity contribution in [3.05, 3.63) is 0 Å². The second-order valence-electron chi connectivity index (χ2n) is 25.5. The van der Waals surface area contributed by atoms with E-state index in [0.717, 1.165) is 64.2 Å². The molecular formula is C68H144F8. The Morgan fingerprint density at radius 1 is 0.276 bits per heavy atom. The van der Waals surface area contributed by atoms with Crippen molar-refractivity contribution in [3.8, 4) is 0 Å². The average molecular weight is 1110 g/mol. The number of hydrogen-bond acceptors (Lipinski definition) is 0. The standard InChI is InChI=1S/C11H23F.2C10H21F.C9H19F.C8H17F.2C7H15F.C6H13F/c1-7-11(6,12)10(8(2)3)9(4)5;1-6-9(4,7-2)10(5,11)8-3;1-5-8-10(4,11)9(6-2)7-3;1-5-8(6-2)9(4,10)7-3;1-4-6-8(3,9)7-5-2;1-5-7(4,8)6(2)3;1-4-6-7(3,8)5-2;1-4-6(3,7)5-2/h8-10H,7H2,1-6H3;6-8H2,1-5H3;9H,5-8H2,1-4H3;8H,5-7H2,1-4H3;4-7H2,1-3H3;6H,5H2,1-4H3;4-6H2,1-3H3;4-5H2,1-3H3. The van der Waals surface area contributed by atoms with E-state index >= 15 is 0 Å². The lowest BCUT2D eigenvalue weighted by atomic mass is 9.70. The highest BCUT2D eigenvalue weighted by atomic mass is 19.2. The molecule has 76 heavy (non-hydrogen) atoms. The van der Waals surface area contributed by atoms with E-state index in [-0.39, 0.29) is 29.1 Å². The van der Waals surface area contributed by atoms with Crippen molar-refractivity contribution >= 4 is 0 Å². The van der Waals surface area contributed by atoms with Gasteiger partial charge >= 0.3 is 0 Å².